The zero-order valence-electron chi connectivity index (χ0n) is 17.6. The molecular weight excluding hydrogens is 388 g/mol. The van der Waals surface area contributed by atoms with Crippen molar-refractivity contribution < 1.29 is 17.9 Å². The van der Waals surface area contributed by atoms with Crippen LogP contribution in [0, 0.1) is 13.8 Å². The Bertz CT molecular complexity index is 924. The number of rotatable bonds is 10. The molecule has 0 aliphatic heterocycles. The summed E-state index contributed by atoms with van der Waals surface area (Å²) >= 11 is 0. The molecule has 0 atom stereocenters. The van der Waals surface area contributed by atoms with Crippen LogP contribution in [0.5, 0.6) is 5.75 Å². The van der Waals surface area contributed by atoms with E-state index >= 15 is 0 Å². The smallest absolute Gasteiger partial charge is 0.264 e. The van der Waals surface area contributed by atoms with E-state index in [9.17, 15) is 13.2 Å². The van der Waals surface area contributed by atoms with Crippen LogP contribution in [0.1, 0.15) is 37.3 Å². The fourth-order valence-corrected chi connectivity index (χ4v) is 4.71. The maximum absolute atomic E-state index is 13.5. The van der Waals surface area contributed by atoms with Gasteiger partial charge in [0, 0.05) is 19.5 Å². The van der Waals surface area contributed by atoms with Crippen LogP contribution in [-0.4, -0.2) is 34.5 Å². The summed E-state index contributed by atoms with van der Waals surface area (Å²) in [7, 11) is -2.27. The van der Waals surface area contributed by atoms with Crippen molar-refractivity contribution in [3.05, 3.63) is 53.6 Å². The Balaban J connectivity index is 2.33. The van der Waals surface area contributed by atoms with Crippen molar-refractivity contribution in [2.24, 2.45) is 0 Å². The third-order valence-corrected chi connectivity index (χ3v) is 6.64. The van der Waals surface area contributed by atoms with E-state index in [1.807, 2.05) is 19.9 Å². The lowest BCUT2D eigenvalue weighted by Crippen LogP contribution is -2.36. The lowest BCUT2D eigenvalue weighted by molar-refractivity contribution is -0.120. The molecule has 7 heteroatoms. The fraction of sp³-hybridized carbons (Fsp3) is 0.409. The van der Waals surface area contributed by atoms with Crippen LogP contribution in [0.4, 0.5) is 5.69 Å². The number of amides is 1. The van der Waals surface area contributed by atoms with Gasteiger partial charge in [-0.15, -0.1) is 0 Å². The summed E-state index contributed by atoms with van der Waals surface area (Å²) in [4.78, 5) is 12.4. The predicted octanol–water partition coefficient (Wildman–Crippen LogP) is 3.81. The van der Waals surface area contributed by atoms with E-state index in [0.29, 0.717) is 23.5 Å². The molecule has 2 rings (SSSR count). The van der Waals surface area contributed by atoms with Gasteiger partial charge in [-0.25, -0.2) is 8.42 Å². The zero-order valence-corrected chi connectivity index (χ0v) is 18.4. The Hall–Kier alpha value is -2.54. The van der Waals surface area contributed by atoms with Crippen molar-refractivity contribution in [2.45, 2.75) is 44.9 Å². The van der Waals surface area contributed by atoms with Gasteiger partial charge in [0.2, 0.25) is 5.91 Å². The number of carbonyl (C=O) groups is 1. The summed E-state index contributed by atoms with van der Waals surface area (Å²) < 4.78 is 33.4. The molecule has 0 fully saturated rings. The number of sulfonamides is 1. The van der Waals surface area contributed by atoms with Gasteiger partial charge in [0.15, 0.2) is 0 Å². The molecule has 6 nitrogen and oxygen atoms in total. The molecule has 1 amide bonds. The molecule has 0 saturated heterocycles. The molecule has 0 aliphatic carbocycles. The molecule has 0 aliphatic rings. The lowest BCUT2D eigenvalue weighted by Gasteiger charge is -2.25. The Morgan fingerprint density at radius 1 is 1.10 bits per heavy atom. The van der Waals surface area contributed by atoms with Gasteiger partial charge < -0.3 is 10.1 Å². The maximum Gasteiger partial charge on any atom is 0.264 e. The Morgan fingerprint density at radius 3 is 2.38 bits per heavy atom. The zero-order chi connectivity index (χ0) is 21.4. The first-order valence-electron chi connectivity index (χ1n) is 9.80. The first kappa shape index (κ1) is 22.7. The molecule has 0 radical (unpaired) electrons. The van der Waals surface area contributed by atoms with E-state index in [4.69, 9.17) is 4.74 Å². The first-order chi connectivity index (χ1) is 13.8. The number of hydrogen-bond donors (Lipinski definition) is 1. The monoisotopic (exact) mass is 418 g/mol. The summed E-state index contributed by atoms with van der Waals surface area (Å²) in [5.74, 6) is 0.475. The number of ether oxygens (including phenoxy) is 1. The fourth-order valence-electron chi connectivity index (χ4n) is 3.04. The molecule has 0 heterocycles. The molecule has 0 aromatic heterocycles. The Labute approximate surface area is 173 Å². The molecule has 158 valence electrons. The topological polar surface area (TPSA) is 75.7 Å². The third-order valence-electron chi connectivity index (χ3n) is 4.65. The van der Waals surface area contributed by atoms with Gasteiger partial charge in [0.25, 0.3) is 10.0 Å². The molecule has 1 N–H and O–H groups in total. The number of benzene rings is 2. The second kappa shape index (κ2) is 10.3. The van der Waals surface area contributed by atoms with Crippen LogP contribution < -0.4 is 14.4 Å². The van der Waals surface area contributed by atoms with Crippen molar-refractivity contribution in [3.63, 3.8) is 0 Å². The minimum absolute atomic E-state index is 0.0555. The summed E-state index contributed by atoms with van der Waals surface area (Å²) in [6, 6.07) is 12.0. The van der Waals surface area contributed by atoms with E-state index in [1.165, 1.54) is 4.31 Å². The highest BCUT2D eigenvalue weighted by Gasteiger charge is 2.27. The van der Waals surface area contributed by atoms with Crippen LogP contribution in [-0.2, 0) is 14.8 Å². The van der Waals surface area contributed by atoms with Gasteiger partial charge in [0.05, 0.1) is 17.7 Å². The first-order valence-corrected chi connectivity index (χ1v) is 11.2. The van der Waals surface area contributed by atoms with E-state index in [1.54, 1.807) is 50.4 Å². The predicted molar refractivity (Wildman–Crippen MR) is 116 cm³/mol. The van der Waals surface area contributed by atoms with Gasteiger partial charge in [-0.1, -0.05) is 31.0 Å². The van der Waals surface area contributed by atoms with Gasteiger partial charge >= 0.3 is 0 Å². The van der Waals surface area contributed by atoms with Gasteiger partial charge in [-0.2, -0.15) is 0 Å². The number of anilines is 1. The maximum atomic E-state index is 13.5. The van der Waals surface area contributed by atoms with E-state index < -0.39 is 10.0 Å². The lowest BCUT2D eigenvalue weighted by atomic mass is 10.2. The number of nitrogens with zero attached hydrogens (tertiary/aromatic N) is 1. The van der Waals surface area contributed by atoms with Crippen molar-refractivity contribution in [3.8, 4) is 5.75 Å². The SMILES string of the molecule is CCCCNC(=O)CCN(c1ccc(OC)cc1)S(=O)(=O)c1ccc(C)cc1C. The highest BCUT2D eigenvalue weighted by molar-refractivity contribution is 7.92. The van der Waals surface area contributed by atoms with Crippen molar-refractivity contribution in [2.75, 3.05) is 24.5 Å². The average Bonchev–Trinajstić information content (AvgIpc) is 2.68. The quantitative estimate of drug-likeness (QED) is 0.595. The third kappa shape index (κ3) is 5.97. The molecule has 0 spiro atoms. The van der Waals surface area contributed by atoms with Crippen molar-refractivity contribution >= 4 is 21.6 Å². The number of nitrogens with one attached hydrogen (secondary N) is 1. The Morgan fingerprint density at radius 2 is 1.79 bits per heavy atom. The summed E-state index contributed by atoms with van der Waals surface area (Å²) in [6.45, 7) is 6.41. The molecule has 2 aromatic carbocycles. The van der Waals surface area contributed by atoms with Gasteiger partial charge in [0.1, 0.15) is 5.75 Å². The van der Waals surface area contributed by atoms with Crippen molar-refractivity contribution in [1.29, 1.82) is 0 Å². The molecule has 0 unspecified atom stereocenters. The summed E-state index contributed by atoms with van der Waals surface area (Å²) in [5.41, 5.74) is 2.16. The molecule has 29 heavy (non-hydrogen) atoms. The normalized spacial score (nSPS) is 11.2. The van der Waals surface area contributed by atoms with Crippen LogP contribution >= 0.6 is 0 Å². The second-order valence-corrected chi connectivity index (χ2v) is 8.83. The highest BCUT2D eigenvalue weighted by Crippen LogP contribution is 2.28. The van der Waals surface area contributed by atoms with E-state index in [2.05, 4.69) is 5.32 Å². The van der Waals surface area contributed by atoms with Crippen LogP contribution in [0.2, 0.25) is 0 Å². The standard InChI is InChI=1S/C22H30N2O4S/c1-5-6-14-23-22(25)13-15-24(19-8-10-20(28-4)11-9-19)29(26,27)21-12-7-17(2)16-18(21)3/h7-12,16H,5-6,13-15H2,1-4H3,(H,23,25). The van der Waals surface area contributed by atoms with Crippen LogP contribution in [0.15, 0.2) is 47.4 Å². The minimum Gasteiger partial charge on any atom is -0.497 e. The van der Waals surface area contributed by atoms with Crippen LogP contribution in [0.25, 0.3) is 0 Å². The number of methoxy groups -OCH3 is 1. The molecule has 2 aromatic rings. The van der Waals surface area contributed by atoms with E-state index in [-0.39, 0.29) is 23.8 Å². The highest BCUT2D eigenvalue weighted by atomic mass is 32.2. The number of carbonyl (C=O) groups excluding carboxylic acids is 1. The van der Waals surface area contributed by atoms with Crippen LogP contribution in [0.3, 0.4) is 0 Å². The molecular formula is C22H30N2O4S. The second-order valence-electron chi connectivity index (χ2n) is 7.00. The van der Waals surface area contributed by atoms with Crippen molar-refractivity contribution in [1.82, 2.24) is 5.32 Å². The largest absolute Gasteiger partial charge is 0.497 e. The summed E-state index contributed by atoms with van der Waals surface area (Å²) in [5, 5.41) is 2.84. The minimum atomic E-state index is -3.83. The average molecular weight is 419 g/mol. The summed E-state index contributed by atoms with van der Waals surface area (Å²) in [6.07, 6.45) is 1.97. The molecule has 0 bridgehead atoms. The molecule has 0 saturated carbocycles. The number of hydrogen-bond acceptors (Lipinski definition) is 4. The van der Waals surface area contributed by atoms with Gasteiger partial charge in [-0.05, 0) is 56.2 Å². The van der Waals surface area contributed by atoms with Gasteiger partial charge in [-0.3, -0.25) is 9.10 Å². The number of unbranched alkanes of at least 4 members (excludes halogenated alkanes) is 1. The Kier molecular flexibility index (Phi) is 8.08. The van der Waals surface area contributed by atoms with E-state index in [0.717, 1.165) is 18.4 Å². The number of aryl methyl sites for hydroxylation is 2.